The number of nitrogens with zero attached hydrogens (tertiary/aromatic N) is 3. The third kappa shape index (κ3) is 1.41. The van der Waals surface area contributed by atoms with Crippen molar-refractivity contribution >= 4 is 22.9 Å². The van der Waals surface area contributed by atoms with E-state index in [0.717, 1.165) is 19.5 Å². The van der Waals surface area contributed by atoms with Crippen molar-refractivity contribution in [2.24, 2.45) is 0 Å². The molecule has 1 aromatic heterocycles. The molecule has 0 amide bonds. The van der Waals surface area contributed by atoms with E-state index in [1.54, 1.807) is 0 Å². The van der Waals surface area contributed by atoms with Gasteiger partial charge >= 0.3 is 0 Å². The topological polar surface area (TPSA) is 21.1 Å². The molecule has 0 bridgehead atoms. The molecule has 0 unspecified atom stereocenters. The second kappa shape index (κ2) is 2.75. The molecule has 2 rings (SSSR count). The zero-order valence-corrected chi connectivity index (χ0v) is 8.58. The van der Waals surface area contributed by atoms with E-state index in [-0.39, 0.29) is 0 Å². The standard InChI is InChI=1S/C7H10IN3/c1-10-3-2-7-6(4-10)5-11(8)9-7/h5H,2-4H2,1H3. The maximum absolute atomic E-state index is 4.36. The van der Waals surface area contributed by atoms with Crippen LogP contribution in [0, 0.1) is 0 Å². The molecule has 60 valence electrons. The van der Waals surface area contributed by atoms with E-state index in [4.69, 9.17) is 0 Å². The molecule has 0 saturated carbocycles. The van der Waals surface area contributed by atoms with Crippen molar-refractivity contribution in [1.29, 1.82) is 0 Å². The van der Waals surface area contributed by atoms with E-state index in [1.165, 1.54) is 11.3 Å². The minimum atomic E-state index is 1.05. The third-order valence-corrected chi connectivity index (χ3v) is 2.51. The van der Waals surface area contributed by atoms with Crippen LogP contribution in [0.25, 0.3) is 0 Å². The van der Waals surface area contributed by atoms with Gasteiger partial charge in [0.1, 0.15) is 0 Å². The Morgan fingerprint density at radius 1 is 1.64 bits per heavy atom. The Balaban J connectivity index is 2.34. The molecular formula is C7H10IN3. The van der Waals surface area contributed by atoms with Crippen molar-refractivity contribution in [1.82, 2.24) is 12.9 Å². The van der Waals surface area contributed by atoms with Crippen LogP contribution in [-0.4, -0.2) is 26.5 Å². The summed E-state index contributed by atoms with van der Waals surface area (Å²) in [5.74, 6) is 0. The Labute approximate surface area is 79.9 Å². The van der Waals surface area contributed by atoms with Gasteiger partial charge in [-0.2, -0.15) is 5.10 Å². The lowest BCUT2D eigenvalue weighted by Gasteiger charge is -2.20. The van der Waals surface area contributed by atoms with E-state index < -0.39 is 0 Å². The van der Waals surface area contributed by atoms with Gasteiger partial charge in [-0.15, -0.1) is 0 Å². The molecule has 1 aliphatic rings. The van der Waals surface area contributed by atoms with Gasteiger partial charge in [0.2, 0.25) is 0 Å². The molecule has 0 N–H and O–H groups in total. The van der Waals surface area contributed by atoms with Gasteiger partial charge in [-0.05, 0) is 7.05 Å². The fourth-order valence-corrected chi connectivity index (χ4v) is 2.02. The first kappa shape index (κ1) is 7.54. The summed E-state index contributed by atoms with van der Waals surface area (Å²) in [5.41, 5.74) is 2.66. The van der Waals surface area contributed by atoms with E-state index in [2.05, 4.69) is 46.1 Å². The Morgan fingerprint density at radius 3 is 3.27 bits per heavy atom. The second-order valence-corrected chi connectivity index (χ2v) is 3.97. The quantitative estimate of drug-likeness (QED) is 0.653. The Bertz CT molecular complexity index is 269. The van der Waals surface area contributed by atoms with Crippen molar-refractivity contribution in [2.75, 3.05) is 13.6 Å². The molecule has 0 aliphatic carbocycles. The lowest BCUT2D eigenvalue weighted by Crippen LogP contribution is -2.25. The molecular weight excluding hydrogens is 253 g/mol. The van der Waals surface area contributed by atoms with E-state index >= 15 is 0 Å². The summed E-state index contributed by atoms with van der Waals surface area (Å²) in [6, 6.07) is 0. The molecule has 11 heavy (non-hydrogen) atoms. The normalized spacial score (nSPS) is 18.4. The third-order valence-electron chi connectivity index (χ3n) is 2.02. The van der Waals surface area contributed by atoms with Gasteiger partial charge in [-0.3, -0.25) is 0 Å². The first-order valence-corrected chi connectivity index (χ1v) is 4.64. The van der Waals surface area contributed by atoms with Gasteiger partial charge in [-0.25, -0.2) is 2.90 Å². The van der Waals surface area contributed by atoms with Crippen LogP contribution in [-0.2, 0) is 13.0 Å². The number of hydrogen-bond donors (Lipinski definition) is 0. The highest BCUT2D eigenvalue weighted by Gasteiger charge is 2.15. The molecule has 4 heteroatoms. The van der Waals surface area contributed by atoms with Gasteiger partial charge < -0.3 is 4.90 Å². The highest BCUT2D eigenvalue weighted by molar-refractivity contribution is 14.1. The molecule has 0 radical (unpaired) electrons. The monoisotopic (exact) mass is 263 g/mol. The molecule has 1 aromatic rings. The molecule has 0 atom stereocenters. The number of hydrogen-bond acceptors (Lipinski definition) is 2. The van der Waals surface area contributed by atoms with Crippen LogP contribution in [0.5, 0.6) is 0 Å². The fraction of sp³-hybridized carbons (Fsp3) is 0.571. The van der Waals surface area contributed by atoms with Gasteiger partial charge in [0, 0.05) is 31.3 Å². The zero-order chi connectivity index (χ0) is 7.84. The molecule has 0 spiro atoms. The Morgan fingerprint density at radius 2 is 2.45 bits per heavy atom. The van der Waals surface area contributed by atoms with E-state index in [0.29, 0.717) is 0 Å². The van der Waals surface area contributed by atoms with Crippen molar-refractivity contribution in [3.05, 3.63) is 17.5 Å². The summed E-state index contributed by atoms with van der Waals surface area (Å²) in [4.78, 5) is 2.32. The number of aromatic nitrogens is 2. The average Bonchev–Trinajstić information content (AvgIpc) is 2.27. The van der Waals surface area contributed by atoms with Crippen LogP contribution in [0.1, 0.15) is 11.3 Å². The summed E-state index contributed by atoms with van der Waals surface area (Å²) >= 11 is 2.19. The number of fused-ring (bicyclic) bond motifs is 1. The van der Waals surface area contributed by atoms with Crippen molar-refractivity contribution < 1.29 is 0 Å². The molecule has 0 saturated heterocycles. The predicted octanol–water partition coefficient (Wildman–Crippen LogP) is 1.07. The van der Waals surface area contributed by atoms with Crippen molar-refractivity contribution in [3.63, 3.8) is 0 Å². The summed E-state index contributed by atoms with van der Waals surface area (Å²) in [6.07, 6.45) is 3.20. The van der Waals surface area contributed by atoms with Crippen LogP contribution in [0.4, 0.5) is 0 Å². The minimum absolute atomic E-state index is 1.05. The highest BCUT2D eigenvalue weighted by atomic mass is 127. The number of likely N-dealkylation sites (N-methyl/N-ethyl adjacent to an activating group) is 1. The van der Waals surface area contributed by atoms with Crippen LogP contribution >= 0.6 is 22.9 Å². The highest BCUT2D eigenvalue weighted by Crippen LogP contribution is 2.16. The predicted molar refractivity (Wildman–Crippen MR) is 51.7 cm³/mol. The van der Waals surface area contributed by atoms with Crippen molar-refractivity contribution in [2.45, 2.75) is 13.0 Å². The lowest BCUT2D eigenvalue weighted by atomic mass is 10.1. The van der Waals surface area contributed by atoms with Gasteiger partial charge in [0.25, 0.3) is 0 Å². The molecule has 3 nitrogen and oxygen atoms in total. The summed E-state index contributed by atoms with van der Waals surface area (Å²) in [6.45, 7) is 2.19. The second-order valence-electron chi connectivity index (χ2n) is 2.98. The first-order chi connectivity index (χ1) is 5.25. The number of halogens is 1. The first-order valence-electron chi connectivity index (χ1n) is 3.68. The van der Waals surface area contributed by atoms with Crippen LogP contribution in [0.15, 0.2) is 6.20 Å². The zero-order valence-electron chi connectivity index (χ0n) is 6.42. The Kier molecular flexibility index (Phi) is 1.88. The molecule has 2 heterocycles. The Hall–Kier alpha value is -0.100. The summed E-state index contributed by atoms with van der Waals surface area (Å²) in [7, 11) is 2.15. The summed E-state index contributed by atoms with van der Waals surface area (Å²) < 4.78 is 1.88. The SMILES string of the molecule is CN1CCc2nn(I)cc2C1. The van der Waals surface area contributed by atoms with Crippen LogP contribution in [0.2, 0.25) is 0 Å². The molecule has 0 aromatic carbocycles. The van der Waals surface area contributed by atoms with Gasteiger partial charge in [-0.1, -0.05) is 0 Å². The van der Waals surface area contributed by atoms with Gasteiger partial charge in [0.15, 0.2) is 0 Å². The minimum Gasteiger partial charge on any atom is -0.302 e. The summed E-state index contributed by atoms with van der Waals surface area (Å²) in [5, 5.41) is 4.36. The maximum Gasteiger partial charge on any atom is 0.0843 e. The largest absolute Gasteiger partial charge is 0.302 e. The van der Waals surface area contributed by atoms with Crippen LogP contribution < -0.4 is 0 Å². The molecule has 0 fully saturated rings. The van der Waals surface area contributed by atoms with Crippen LogP contribution in [0.3, 0.4) is 0 Å². The van der Waals surface area contributed by atoms with E-state index in [1.807, 2.05) is 2.90 Å². The van der Waals surface area contributed by atoms with Crippen molar-refractivity contribution in [3.8, 4) is 0 Å². The number of rotatable bonds is 0. The fourth-order valence-electron chi connectivity index (χ4n) is 1.42. The van der Waals surface area contributed by atoms with E-state index in [9.17, 15) is 0 Å². The lowest BCUT2D eigenvalue weighted by molar-refractivity contribution is 0.311. The smallest absolute Gasteiger partial charge is 0.0843 e. The molecule has 1 aliphatic heterocycles. The average molecular weight is 263 g/mol. The van der Waals surface area contributed by atoms with Gasteiger partial charge in [0.05, 0.1) is 28.6 Å². The maximum atomic E-state index is 4.36.